The van der Waals surface area contributed by atoms with E-state index in [1.807, 2.05) is 100 Å². The van der Waals surface area contributed by atoms with Crippen molar-refractivity contribution in [2.75, 3.05) is 13.1 Å². The van der Waals surface area contributed by atoms with E-state index in [2.05, 4.69) is 29.8 Å². The lowest BCUT2D eigenvalue weighted by Gasteiger charge is -2.30. The SMILES string of the molecule is CCCC[C@H](NC(=O)[C@H](Cc1cccc2ccccc12)NC(=O)OCc1ccccc1)C(=O)N[C@@H](CC(C)C)[C@@H](O)CC(=O)N(CC)CC(C)CC. The lowest BCUT2D eigenvalue weighted by molar-refractivity contribution is -0.135. The van der Waals surface area contributed by atoms with Gasteiger partial charge in [-0.25, -0.2) is 4.79 Å². The zero-order valence-corrected chi connectivity index (χ0v) is 31.9. The standard InChI is InChI=1S/C42H60N4O6/c1-7-10-23-35(40(49)44-36(24-29(4)5)38(47)26-39(48)46(9-3)27-30(6)8-2)43-41(50)37(45-42(51)52-28-31-17-12-11-13-18-31)25-33-21-16-20-32-19-14-15-22-34(32)33/h11-22,29-30,35-38,47H,7-10,23-28H2,1-6H3,(H,43,50)(H,44,49)(H,45,51)/t30?,35-,36-,37-,38-/m0/s1. The Morgan fingerprint density at radius 1 is 0.808 bits per heavy atom. The maximum absolute atomic E-state index is 14.1. The number of carbonyl (C=O) groups excluding carboxylic acids is 4. The van der Waals surface area contributed by atoms with Gasteiger partial charge < -0.3 is 30.7 Å². The van der Waals surface area contributed by atoms with Crippen LogP contribution in [0.25, 0.3) is 10.8 Å². The van der Waals surface area contributed by atoms with Crippen molar-refractivity contribution in [2.45, 2.75) is 117 Å². The number of aliphatic hydroxyl groups is 1. The van der Waals surface area contributed by atoms with Crippen LogP contribution in [0.4, 0.5) is 4.79 Å². The summed E-state index contributed by atoms with van der Waals surface area (Å²) in [4.78, 5) is 56.1. The van der Waals surface area contributed by atoms with E-state index >= 15 is 0 Å². The Labute approximate surface area is 310 Å². The number of aliphatic hydroxyl groups excluding tert-OH is 1. The number of alkyl carbamates (subject to hydrolysis) is 1. The zero-order valence-electron chi connectivity index (χ0n) is 31.9. The average molecular weight is 717 g/mol. The minimum Gasteiger partial charge on any atom is -0.445 e. The van der Waals surface area contributed by atoms with E-state index in [9.17, 15) is 24.3 Å². The average Bonchev–Trinajstić information content (AvgIpc) is 3.14. The third-order valence-corrected chi connectivity index (χ3v) is 9.47. The summed E-state index contributed by atoms with van der Waals surface area (Å²) >= 11 is 0. The molecule has 4 amide bonds. The Balaban J connectivity index is 1.81. The van der Waals surface area contributed by atoms with Crippen molar-refractivity contribution in [1.29, 1.82) is 0 Å². The van der Waals surface area contributed by atoms with Crippen molar-refractivity contribution in [1.82, 2.24) is 20.9 Å². The van der Waals surface area contributed by atoms with Crippen LogP contribution in [0, 0.1) is 11.8 Å². The number of hydrogen-bond acceptors (Lipinski definition) is 6. The van der Waals surface area contributed by atoms with Gasteiger partial charge >= 0.3 is 6.09 Å². The van der Waals surface area contributed by atoms with Crippen LogP contribution in [0.2, 0.25) is 0 Å². The molecule has 0 aliphatic rings. The summed E-state index contributed by atoms with van der Waals surface area (Å²) in [5, 5.41) is 21.9. The molecule has 0 aliphatic carbocycles. The Morgan fingerprint density at radius 3 is 2.15 bits per heavy atom. The van der Waals surface area contributed by atoms with Gasteiger partial charge in [0.1, 0.15) is 18.7 Å². The number of ether oxygens (including phenoxy) is 1. The fourth-order valence-electron chi connectivity index (χ4n) is 6.22. The lowest BCUT2D eigenvalue weighted by Crippen LogP contribution is -2.57. The summed E-state index contributed by atoms with van der Waals surface area (Å²) in [5.41, 5.74) is 1.66. The summed E-state index contributed by atoms with van der Waals surface area (Å²) in [6.45, 7) is 13.3. The molecule has 3 aromatic rings. The van der Waals surface area contributed by atoms with Gasteiger partial charge in [0.15, 0.2) is 0 Å². The monoisotopic (exact) mass is 716 g/mol. The molecular weight excluding hydrogens is 656 g/mol. The lowest BCUT2D eigenvalue weighted by atomic mass is 9.95. The minimum atomic E-state index is -1.10. The zero-order chi connectivity index (χ0) is 38.0. The number of nitrogens with one attached hydrogen (secondary N) is 3. The first-order chi connectivity index (χ1) is 24.9. The van der Waals surface area contributed by atoms with Crippen molar-refractivity contribution in [3.63, 3.8) is 0 Å². The maximum Gasteiger partial charge on any atom is 0.408 e. The number of rotatable bonds is 21. The molecule has 52 heavy (non-hydrogen) atoms. The summed E-state index contributed by atoms with van der Waals surface area (Å²) < 4.78 is 5.48. The van der Waals surface area contributed by atoms with E-state index in [1.54, 1.807) is 4.90 Å². The molecular formula is C42H60N4O6. The number of unbranched alkanes of at least 4 members (excludes halogenated alkanes) is 1. The number of fused-ring (bicyclic) bond motifs is 1. The summed E-state index contributed by atoms with van der Waals surface area (Å²) in [7, 11) is 0. The van der Waals surface area contributed by atoms with Crippen LogP contribution in [0.15, 0.2) is 72.8 Å². The van der Waals surface area contributed by atoms with Gasteiger partial charge in [-0.3, -0.25) is 14.4 Å². The topological polar surface area (TPSA) is 137 Å². The molecule has 3 aromatic carbocycles. The number of amides is 4. The molecule has 5 atom stereocenters. The quantitative estimate of drug-likeness (QED) is 0.0990. The van der Waals surface area contributed by atoms with Gasteiger partial charge in [0.05, 0.1) is 18.6 Å². The Morgan fingerprint density at radius 2 is 1.48 bits per heavy atom. The molecule has 0 saturated carbocycles. The highest BCUT2D eigenvalue weighted by molar-refractivity contribution is 5.92. The van der Waals surface area contributed by atoms with E-state index in [1.165, 1.54) is 0 Å². The van der Waals surface area contributed by atoms with Gasteiger partial charge in [-0.2, -0.15) is 0 Å². The fourth-order valence-corrected chi connectivity index (χ4v) is 6.22. The van der Waals surface area contributed by atoms with Crippen LogP contribution in [0.3, 0.4) is 0 Å². The number of nitrogens with zero attached hydrogens (tertiary/aromatic N) is 1. The van der Waals surface area contributed by atoms with Crippen LogP contribution in [-0.4, -0.2) is 71.1 Å². The van der Waals surface area contributed by atoms with Gasteiger partial charge in [0, 0.05) is 19.5 Å². The van der Waals surface area contributed by atoms with E-state index in [-0.39, 0.29) is 31.3 Å². The largest absolute Gasteiger partial charge is 0.445 e. The molecule has 3 rings (SSSR count). The highest BCUT2D eigenvalue weighted by Gasteiger charge is 2.32. The molecule has 10 heteroatoms. The third-order valence-electron chi connectivity index (χ3n) is 9.47. The number of benzene rings is 3. The molecule has 0 bridgehead atoms. The van der Waals surface area contributed by atoms with Crippen molar-refractivity contribution < 1.29 is 29.0 Å². The molecule has 0 aliphatic heterocycles. The van der Waals surface area contributed by atoms with Crippen molar-refractivity contribution in [3.05, 3.63) is 83.9 Å². The molecule has 0 aromatic heterocycles. The van der Waals surface area contributed by atoms with Crippen LogP contribution >= 0.6 is 0 Å². The van der Waals surface area contributed by atoms with Crippen LogP contribution in [0.1, 0.15) is 91.2 Å². The van der Waals surface area contributed by atoms with Crippen LogP contribution in [0.5, 0.6) is 0 Å². The first-order valence-electron chi connectivity index (χ1n) is 19.0. The summed E-state index contributed by atoms with van der Waals surface area (Å²) in [5.74, 6) is -0.671. The first kappa shape index (κ1) is 42.0. The summed E-state index contributed by atoms with van der Waals surface area (Å²) in [6, 6.07) is 20.2. The molecule has 10 nitrogen and oxygen atoms in total. The molecule has 0 spiro atoms. The Hall–Kier alpha value is -4.44. The van der Waals surface area contributed by atoms with Crippen molar-refractivity contribution in [3.8, 4) is 0 Å². The number of carbonyl (C=O) groups is 4. The normalized spacial score (nSPS) is 14.2. The highest BCUT2D eigenvalue weighted by atomic mass is 16.5. The van der Waals surface area contributed by atoms with Gasteiger partial charge in [0.25, 0.3) is 0 Å². The fraction of sp³-hybridized carbons (Fsp3) is 0.524. The second-order valence-corrected chi connectivity index (χ2v) is 14.3. The predicted molar refractivity (Wildman–Crippen MR) is 206 cm³/mol. The molecule has 4 N–H and O–H groups in total. The van der Waals surface area contributed by atoms with Crippen LogP contribution < -0.4 is 16.0 Å². The molecule has 0 radical (unpaired) electrons. The van der Waals surface area contributed by atoms with E-state index in [0.29, 0.717) is 38.3 Å². The van der Waals surface area contributed by atoms with Gasteiger partial charge in [-0.05, 0) is 53.5 Å². The second kappa shape index (κ2) is 21.8. The number of hydrogen-bond donors (Lipinski definition) is 4. The van der Waals surface area contributed by atoms with Gasteiger partial charge in [0.2, 0.25) is 17.7 Å². The summed E-state index contributed by atoms with van der Waals surface area (Å²) in [6.07, 6.45) is 1.39. The first-order valence-corrected chi connectivity index (χ1v) is 19.0. The molecule has 0 heterocycles. The third kappa shape index (κ3) is 13.6. The van der Waals surface area contributed by atoms with Gasteiger partial charge in [-0.15, -0.1) is 0 Å². The smallest absolute Gasteiger partial charge is 0.408 e. The van der Waals surface area contributed by atoms with Crippen molar-refractivity contribution in [2.24, 2.45) is 11.8 Å². The van der Waals surface area contributed by atoms with E-state index < -0.39 is 42.1 Å². The van der Waals surface area contributed by atoms with Crippen LogP contribution in [-0.2, 0) is 32.1 Å². The van der Waals surface area contributed by atoms with E-state index in [4.69, 9.17) is 4.74 Å². The molecule has 1 unspecified atom stereocenters. The Kier molecular flexibility index (Phi) is 17.6. The Bertz CT molecular complexity index is 1560. The highest BCUT2D eigenvalue weighted by Crippen LogP contribution is 2.21. The van der Waals surface area contributed by atoms with E-state index in [0.717, 1.165) is 34.7 Å². The molecule has 0 saturated heterocycles. The maximum atomic E-state index is 14.1. The molecule has 284 valence electrons. The van der Waals surface area contributed by atoms with Crippen molar-refractivity contribution >= 4 is 34.6 Å². The predicted octanol–water partition coefficient (Wildman–Crippen LogP) is 6.53. The minimum absolute atomic E-state index is 0.0343. The second-order valence-electron chi connectivity index (χ2n) is 14.3. The molecule has 0 fully saturated rings. The van der Waals surface area contributed by atoms with Gasteiger partial charge in [-0.1, -0.05) is 127 Å².